The fourth-order valence-electron chi connectivity index (χ4n) is 2.99. The largest absolute Gasteiger partial charge is 0.490 e. The van der Waals surface area contributed by atoms with Gasteiger partial charge in [0.2, 0.25) is 0 Å². The minimum Gasteiger partial charge on any atom is -0.490 e. The summed E-state index contributed by atoms with van der Waals surface area (Å²) in [5.74, 6) is -1.32. The van der Waals surface area contributed by atoms with Crippen molar-refractivity contribution < 1.29 is 33.8 Å². The van der Waals surface area contributed by atoms with Gasteiger partial charge in [0.05, 0.1) is 0 Å². The number of Topliss-reactive ketones (excluding diaryl/α,β-unsaturated/α-hetero) is 1. The van der Waals surface area contributed by atoms with Crippen LogP contribution < -0.4 is 4.74 Å². The molecular weight excluding hydrogens is 426 g/mol. The SMILES string of the molecule is CC.CC.CC(C)(O)C(=O)c1ccc(OCCOC(=O)N2C(=O)C3=CCCC=C3C2=O)cc1. The molecule has 0 saturated carbocycles. The fraction of sp³-hybridized carbons (Fsp3) is 0.440. The Balaban J connectivity index is 0.00000129. The number of rotatable bonds is 6. The van der Waals surface area contributed by atoms with Crippen molar-refractivity contribution in [3.8, 4) is 5.75 Å². The Kier molecular flexibility index (Phi) is 10.7. The van der Waals surface area contributed by atoms with E-state index in [2.05, 4.69) is 0 Å². The number of hydrogen-bond donors (Lipinski definition) is 1. The van der Waals surface area contributed by atoms with Crippen molar-refractivity contribution in [2.45, 2.75) is 60.0 Å². The monoisotopic (exact) mass is 459 g/mol. The van der Waals surface area contributed by atoms with Gasteiger partial charge in [-0.05, 0) is 51.0 Å². The van der Waals surface area contributed by atoms with Crippen molar-refractivity contribution >= 4 is 23.7 Å². The van der Waals surface area contributed by atoms with Crippen molar-refractivity contribution in [1.82, 2.24) is 4.90 Å². The van der Waals surface area contributed by atoms with Crippen LogP contribution in [0.5, 0.6) is 5.75 Å². The molecule has 1 N–H and O–H groups in total. The van der Waals surface area contributed by atoms with E-state index in [4.69, 9.17) is 9.47 Å². The topological polar surface area (TPSA) is 110 Å². The molecule has 2 aliphatic rings. The molecule has 1 fully saturated rings. The van der Waals surface area contributed by atoms with Crippen LogP contribution in [-0.2, 0) is 14.3 Å². The zero-order valence-electron chi connectivity index (χ0n) is 20.1. The number of likely N-dealkylation sites (tertiary alicyclic amines) is 1. The van der Waals surface area contributed by atoms with E-state index in [1.165, 1.54) is 26.0 Å². The molecule has 33 heavy (non-hydrogen) atoms. The fourth-order valence-corrected chi connectivity index (χ4v) is 2.99. The molecule has 1 heterocycles. The number of benzene rings is 1. The summed E-state index contributed by atoms with van der Waals surface area (Å²) in [6, 6.07) is 6.15. The summed E-state index contributed by atoms with van der Waals surface area (Å²) in [5.41, 5.74) is -0.636. The molecule has 3 amide bonds. The summed E-state index contributed by atoms with van der Waals surface area (Å²) < 4.78 is 10.4. The van der Waals surface area contributed by atoms with Gasteiger partial charge in [0.1, 0.15) is 24.6 Å². The van der Waals surface area contributed by atoms with E-state index in [1.54, 1.807) is 24.3 Å². The number of fused-ring (bicyclic) bond motifs is 1. The first-order valence-electron chi connectivity index (χ1n) is 11.2. The Bertz CT molecular complexity index is 889. The Hall–Kier alpha value is -3.26. The van der Waals surface area contributed by atoms with Gasteiger partial charge in [0.25, 0.3) is 11.8 Å². The summed E-state index contributed by atoms with van der Waals surface area (Å²) in [7, 11) is 0. The highest BCUT2D eigenvalue weighted by Gasteiger charge is 2.44. The summed E-state index contributed by atoms with van der Waals surface area (Å²) in [5, 5.41) is 9.74. The summed E-state index contributed by atoms with van der Waals surface area (Å²) in [6.07, 6.45) is 3.56. The van der Waals surface area contributed by atoms with Gasteiger partial charge in [-0.25, -0.2) is 4.79 Å². The predicted octanol–water partition coefficient (Wildman–Crippen LogP) is 4.22. The number of hydrogen-bond acceptors (Lipinski definition) is 7. The molecular formula is C25H33NO7. The number of allylic oxidation sites excluding steroid dienone is 2. The first kappa shape index (κ1) is 27.8. The molecule has 8 heteroatoms. The average Bonchev–Trinajstić information content (AvgIpc) is 3.09. The third kappa shape index (κ3) is 6.86. The quantitative estimate of drug-likeness (QED) is 0.385. The standard InChI is InChI=1S/C21H21NO7.2C2H6/c1-21(2,27)17(23)13-7-9-14(10-8-13)28-11-12-29-20(26)22-18(24)15-5-3-4-6-16(15)19(22)25;2*1-2/h5-10,27H,3-4,11-12H2,1-2H3;2*1-2H3. The molecule has 1 saturated heterocycles. The van der Waals surface area contributed by atoms with Crippen molar-refractivity contribution in [3.05, 3.63) is 53.1 Å². The third-order valence-electron chi connectivity index (χ3n) is 4.45. The average molecular weight is 460 g/mol. The molecule has 1 aromatic carbocycles. The van der Waals surface area contributed by atoms with Gasteiger partial charge in [0, 0.05) is 16.7 Å². The predicted molar refractivity (Wildman–Crippen MR) is 124 cm³/mol. The zero-order chi connectivity index (χ0) is 25.2. The first-order chi connectivity index (χ1) is 15.7. The Morgan fingerprint density at radius 2 is 1.39 bits per heavy atom. The second-order valence-electron chi connectivity index (χ2n) is 7.13. The molecule has 0 spiro atoms. The van der Waals surface area contributed by atoms with Crippen LogP contribution >= 0.6 is 0 Å². The van der Waals surface area contributed by atoms with E-state index in [0.29, 0.717) is 29.1 Å². The van der Waals surface area contributed by atoms with Crippen LogP contribution in [0.3, 0.4) is 0 Å². The number of ketones is 1. The van der Waals surface area contributed by atoms with Crippen LogP contribution in [0.4, 0.5) is 4.79 Å². The van der Waals surface area contributed by atoms with Crippen molar-refractivity contribution in [1.29, 1.82) is 0 Å². The molecule has 0 unspecified atom stereocenters. The van der Waals surface area contributed by atoms with Crippen LogP contribution in [0.15, 0.2) is 47.6 Å². The van der Waals surface area contributed by atoms with Crippen LogP contribution in [0.2, 0.25) is 0 Å². The van der Waals surface area contributed by atoms with E-state index in [-0.39, 0.29) is 24.4 Å². The number of nitrogens with zero attached hydrogens (tertiary/aromatic N) is 1. The molecule has 0 aromatic heterocycles. The minimum absolute atomic E-state index is 0.00780. The van der Waals surface area contributed by atoms with E-state index in [0.717, 1.165) is 0 Å². The maximum Gasteiger partial charge on any atom is 0.424 e. The second-order valence-corrected chi connectivity index (χ2v) is 7.13. The van der Waals surface area contributed by atoms with E-state index >= 15 is 0 Å². The van der Waals surface area contributed by atoms with Gasteiger partial charge in [-0.15, -0.1) is 0 Å². The minimum atomic E-state index is -1.47. The van der Waals surface area contributed by atoms with Gasteiger partial charge in [-0.3, -0.25) is 14.4 Å². The number of aliphatic hydroxyl groups is 1. The normalized spacial score (nSPS) is 14.6. The van der Waals surface area contributed by atoms with Gasteiger partial charge in [0.15, 0.2) is 5.78 Å². The highest BCUT2D eigenvalue weighted by atomic mass is 16.6. The zero-order valence-corrected chi connectivity index (χ0v) is 20.1. The molecule has 1 aromatic rings. The van der Waals surface area contributed by atoms with Crippen LogP contribution in [0, 0.1) is 0 Å². The highest BCUT2D eigenvalue weighted by molar-refractivity contribution is 6.30. The molecule has 1 aliphatic carbocycles. The van der Waals surface area contributed by atoms with E-state index < -0.39 is 29.3 Å². The highest BCUT2D eigenvalue weighted by Crippen LogP contribution is 2.29. The van der Waals surface area contributed by atoms with Crippen LogP contribution in [-0.4, -0.2) is 52.5 Å². The van der Waals surface area contributed by atoms with Crippen molar-refractivity contribution in [2.24, 2.45) is 0 Å². The lowest BCUT2D eigenvalue weighted by molar-refractivity contribution is -0.134. The van der Waals surface area contributed by atoms with E-state index in [1.807, 2.05) is 27.7 Å². The lowest BCUT2D eigenvalue weighted by Crippen LogP contribution is -2.37. The van der Waals surface area contributed by atoms with Crippen LogP contribution in [0.25, 0.3) is 0 Å². The lowest BCUT2D eigenvalue weighted by Gasteiger charge is -2.15. The number of ether oxygens (including phenoxy) is 2. The molecule has 3 rings (SSSR count). The smallest absolute Gasteiger partial charge is 0.424 e. The molecule has 0 bridgehead atoms. The number of carbonyl (C=O) groups is 4. The maximum atomic E-state index is 12.2. The van der Waals surface area contributed by atoms with Crippen molar-refractivity contribution in [3.63, 3.8) is 0 Å². The van der Waals surface area contributed by atoms with Gasteiger partial charge < -0.3 is 14.6 Å². The summed E-state index contributed by atoms with van der Waals surface area (Å²) >= 11 is 0. The third-order valence-corrected chi connectivity index (χ3v) is 4.45. The summed E-state index contributed by atoms with van der Waals surface area (Å²) in [6.45, 7) is 10.6. The molecule has 8 nitrogen and oxygen atoms in total. The number of imide groups is 3. The number of amides is 3. The Morgan fingerprint density at radius 3 is 1.85 bits per heavy atom. The Labute approximate surface area is 194 Å². The molecule has 0 radical (unpaired) electrons. The summed E-state index contributed by atoms with van der Waals surface area (Å²) in [4.78, 5) is 49.0. The van der Waals surface area contributed by atoms with Crippen molar-refractivity contribution in [2.75, 3.05) is 13.2 Å². The van der Waals surface area contributed by atoms with Gasteiger partial charge >= 0.3 is 6.09 Å². The van der Waals surface area contributed by atoms with Gasteiger partial charge in [-0.1, -0.05) is 39.8 Å². The Morgan fingerprint density at radius 1 is 0.909 bits per heavy atom. The van der Waals surface area contributed by atoms with Gasteiger partial charge in [-0.2, -0.15) is 4.90 Å². The lowest BCUT2D eigenvalue weighted by atomic mass is 9.97. The maximum absolute atomic E-state index is 12.2. The second kappa shape index (κ2) is 12.7. The first-order valence-corrected chi connectivity index (χ1v) is 11.2. The number of carbonyl (C=O) groups excluding carboxylic acids is 4. The molecule has 1 aliphatic heterocycles. The van der Waals surface area contributed by atoms with E-state index in [9.17, 15) is 24.3 Å². The van der Waals surface area contributed by atoms with Crippen LogP contribution in [0.1, 0.15) is 64.7 Å². The molecule has 180 valence electrons. The molecule has 0 atom stereocenters.